The molecule has 51 heavy (non-hydrogen) atoms. The molecule has 12 bridgehead atoms. The summed E-state index contributed by atoms with van der Waals surface area (Å²) in [6.07, 6.45) is 1.94. The second kappa shape index (κ2) is 14.5. The van der Waals surface area contributed by atoms with Crippen molar-refractivity contribution >= 4 is 0 Å². The zero-order chi connectivity index (χ0) is 35.5. The molecule has 7 N–H and O–H groups in total. The van der Waals surface area contributed by atoms with Crippen molar-refractivity contribution in [2.75, 3.05) is 13.2 Å². The first-order valence-electron chi connectivity index (χ1n) is 17.2. The smallest absolute Gasteiger partial charge is 0.126 e. The first kappa shape index (κ1) is 33.6. The lowest BCUT2D eigenvalue weighted by molar-refractivity contribution is 0.322. The SMILES string of the molecule is NCCOc1c2cccc1Cc1cccc(c1O)Cc1cccc(c1O)Cc1cccc(c1O)Cc1cccc(c1O)Cc1cccc(c1O)C2. The highest BCUT2D eigenvalue weighted by molar-refractivity contribution is 5.56. The third kappa shape index (κ3) is 6.94. The summed E-state index contributed by atoms with van der Waals surface area (Å²) in [7, 11) is 0. The number of hydrogen-bond acceptors (Lipinski definition) is 7. The van der Waals surface area contributed by atoms with Gasteiger partial charge < -0.3 is 36.0 Å². The zero-order valence-electron chi connectivity index (χ0n) is 28.3. The summed E-state index contributed by atoms with van der Waals surface area (Å²) < 4.78 is 6.25. The molecule has 0 heterocycles. The van der Waals surface area contributed by atoms with Crippen molar-refractivity contribution in [2.24, 2.45) is 5.73 Å². The number of para-hydroxylation sites is 6. The molecule has 0 unspecified atom stereocenters. The van der Waals surface area contributed by atoms with E-state index in [-0.39, 0.29) is 41.6 Å². The quantitative estimate of drug-likeness (QED) is 0.114. The minimum atomic E-state index is 0.107. The van der Waals surface area contributed by atoms with E-state index in [1.807, 2.05) is 109 Å². The van der Waals surface area contributed by atoms with Gasteiger partial charge >= 0.3 is 0 Å². The maximum absolute atomic E-state index is 11.5. The Bertz CT molecular complexity index is 2080. The van der Waals surface area contributed by atoms with E-state index in [1.165, 1.54) is 0 Å². The first-order valence-corrected chi connectivity index (χ1v) is 17.2. The number of rotatable bonds is 3. The predicted molar refractivity (Wildman–Crippen MR) is 198 cm³/mol. The highest BCUT2D eigenvalue weighted by Crippen LogP contribution is 2.38. The Morgan fingerprint density at radius 2 is 0.549 bits per heavy atom. The topological polar surface area (TPSA) is 136 Å². The van der Waals surface area contributed by atoms with Gasteiger partial charge in [0.05, 0.1) is 0 Å². The Morgan fingerprint density at radius 3 is 0.765 bits per heavy atom. The van der Waals surface area contributed by atoms with Gasteiger partial charge in [-0.3, -0.25) is 0 Å². The standard InChI is InChI=1S/C44H41NO6/c45-19-20-51-44-37-17-6-18-38(44)26-36-16-5-14-34(43(36)50)24-32-12-3-10-30(41(32)48)22-28-8-1-7-27(39(28)46)21-29-9-2-11-31(40(29)47)23-33-13-4-15-35(25-37)42(33)49/h1-18,46-50H,19-26,45H2. The summed E-state index contributed by atoms with van der Waals surface area (Å²) in [5.74, 6) is 1.29. The minimum Gasteiger partial charge on any atom is -0.507 e. The van der Waals surface area contributed by atoms with Crippen LogP contribution in [0, 0.1) is 0 Å². The van der Waals surface area contributed by atoms with Crippen molar-refractivity contribution in [1.82, 2.24) is 0 Å². The molecule has 258 valence electrons. The van der Waals surface area contributed by atoms with Gasteiger partial charge in [-0.2, -0.15) is 0 Å². The number of aromatic hydroxyl groups is 5. The third-order valence-corrected chi connectivity index (χ3v) is 9.84. The van der Waals surface area contributed by atoms with E-state index in [0.717, 1.165) is 11.1 Å². The van der Waals surface area contributed by atoms with Crippen molar-refractivity contribution in [2.45, 2.75) is 38.5 Å². The number of ether oxygens (including phenoxy) is 1. The molecule has 1 aliphatic rings. The van der Waals surface area contributed by atoms with Gasteiger partial charge in [0.1, 0.15) is 41.1 Å². The average molecular weight is 680 g/mol. The number of phenols is 5. The van der Waals surface area contributed by atoms with Gasteiger partial charge in [0.2, 0.25) is 0 Å². The second-order valence-electron chi connectivity index (χ2n) is 13.2. The van der Waals surface area contributed by atoms with E-state index in [0.29, 0.717) is 100 Å². The third-order valence-electron chi connectivity index (χ3n) is 9.84. The fourth-order valence-electron chi connectivity index (χ4n) is 7.14. The van der Waals surface area contributed by atoms with Crippen LogP contribution in [0.4, 0.5) is 0 Å². The highest BCUT2D eigenvalue weighted by Gasteiger charge is 2.20. The zero-order valence-corrected chi connectivity index (χ0v) is 28.3. The lowest BCUT2D eigenvalue weighted by Gasteiger charge is -2.18. The van der Waals surface area contributed by atoms with Crippen LogP contribution in [0.15, 0.2) is 109 Å². The molecule has 0 spiro atoms. The first-order chi connectivity index (χ1) is 24.8. The number of phenolic OH excluding ortho intramolecular Hbond substituents is 5. The van der Waals surface area contributed by atoms with E-state index in [1.54, 1.807) is 0 Å². The maximum Gasteiger partial charge on any atom is 0.126 e. The van der Waals surface area contributed by atoms with E-state index >= 15 is 0 Å². The molecule has 0 saturated carbocycles. The van der Waals surface area contributed by atoms with Crippen LogP contribution < -0.4 is 10.5 Å². The van der Waals surface area contributed by atoms with Crippen molar-refractivity contribution < 1.29 is 30.3 Å². The Hall–Kier alpha value is -5.92. The van der Waals surface area contributed by atoms with Crippen molar-refractivity contribution in [3.63, 3.8) is 0 Å². The summed E-state index contributed by atoms with van der Waals surface area (Å²) in [5.41, 5.74) is 14.3. The molecule has 0 aliphatic heterocycles. The summed E-state index contributed by atoms with van der Waals surface area (Å²) in [4.78, 5) is 0. The monoisotopic (exact) mass is 679 g/mol. The Labute approximate surface area is 297 Å². The number of nitrogens with two attached hydrogens (primary N) is 1. The maximum atomic E-state index is 11.5. The van der Waals surface area contributed by atoms with Gasteiger partial charge in [0.25, 0.3) is 0 Å². The molecule has 0 atom stereocenters. The van der Waals surface area contributed by atoms with Crippen molar-refractivity contribution in [1.29, 1.82) is 0 Å². The van der Waals surface area contributed by atoms with Crippen LogP contribution in [0.25, 0.3) is 0 Å². The van der Waals surface area contributed by atoms with Crippen LogP contribution in [0.3, 0.4) is 0 Å². The lowest BCUT2D eigenvalue weighted by Crippen LogP contribution is -2.13. The molecule has 6 aromatic carbocycles. The number of hydrogen-bond donors (Lipinski definition) is 6. The van der Waals surface area contributed by atoms with Crippen LogP contribution >= 0.6 is 0 Å². The molecule has 7 heteroatoms. The van der Waals surface area contributed by atoms with Gasteiger partial charge in [-0.15, -0.1) is 0 Å². The van der Waals surface area contributed by atoms with Crippen LogP contribution in [0.2, 0.25) is 0 Å². The molecule has 0 fully saturated rings. The van der Waals surface area contributed by atoms with Crippen molar-refractivity contribution in [3.8, 4) is 34.5 Å². The van der Waals surface area contributed by atoms with Crippen LogP contribution in [-0.2, 0) is 38.5 Å². The normalized spacial score (nSPS) is 12.9. The number of fused-ring (bicyclic) bond motifs is 12. The molecule has 1 aliphatic carbocycles. The highest BCUT2D eigenvalue weighted by atomic mass is 16.5. The van der Waals surface area contributed by atoms with E-state index in [2.05, 4.69) is 0 Å². The van der Waals surface area contributed by atoms with Gasteiger partial charge in [-0.05, 0) is 66.8 Å². The second-order valence-corrected chi connectivity index (χ2v) is 13.2. The summed E-state index contributed by atoms with van der Waals surface area (Å²) in [6, 6.07) is 33.8. The fourth-order valence-corrected chi connectivity index (χ4v) is 7.14. The molecule has 0 aromatic heterocycles. The summed E-state index contributed by atoms with van der Waals surface area (Å²) in [6.45, 7) is 0.624. The molecule has 7 nitrogen and oxygen atoms in total. The van der Waals surface area contributed by atoms with Crippen molar-refractivity contribution in [3.05, 3.63) is 176 Å². The van der Waals surface area contributed by atoms with Crippen LogP contribution in [-0.4, -0.2) is 38.7 Å². The van der Waals surface area contributed by atoms with Gasteiger partial charge in [0.15, 0.2) is 0 Å². The Balaban J connectivity index is 1.36. The molecule has 0 saturated heterocycles. The molecule has 0 amide bonds. The Morgan fingerprint density at radius 1 is 0.353 bits per heavy atom. The molecule has 7 rings (SSSR count). The molecule has 6 aromatic rings. The largest absolute Gasteiger partial charge is 0.507 e. The van der Waals surface area contributed by atoms with E-state index < -0.39 is 0 Å². The predicted octanol–water partition coefficient (Wildman–Crippen LogP) is 7.41. The van der Waals surface area contributed by atoms with Gasteiger partial charge in [-0.1, -0.05) is 109 Å². The Kier molecular flexibility index (Phi) is 9.55. The van der Waals surface area contributed by atoms with Crippen LogP contribution in [0.1, 0.15) is 66.8 Å². The average Bonchev–Trinajstić information content (AvgIpc) is 3.12. The van der Waals surface area contributed by atoms with Gasteiger partial charge in [-0.25, -0.2) is 0 Å². The van der Waals surface area contributed by atoms with Gasteiger partial charge in [0, 0.05) is 45.1 Å². The summed E-state index contributed by atoms with van der Waals surface area (Å²) in [5, 5.41) is 57.3. The minimum absolute atomic E-state index is 0.107. The van der Waals surface area contributed by atoms with E-state index in [9.17, 15) is 25.5 Å². The molecular weight excluding hydrogens is 638 g/mol. The fraction of sp³-hybridized carbons (Fsp3) is 0.182. The molecular formula is C44H41NO6. The molecule has 0 radical (unpaired) electrons. The number of benzene rings is 6. The summed E-state index contributed by atoms with van der Waals surface area (Å²) >= 11 is 0. The van der Waals surface area contributed by atoms with Crippen LogP contribution in [0.5, 0.6) is 34.5 Å². The lowest BCUT2D eigenvalue weighted by atomic mass is 9.91. The van der Waals surface area contributed by atoms with E-state index in [4.69, 9.17) is 10.5 Å².